The van der Waals surface area contributed by atoms with Gasteiger partial charge in [0.2, 0.25) is 5.78 Å². The Morgan fingerprint density at radius 1 is 1.09 bits per heavy atom. The second-order valence-electron chi connectivity index (χ2n) is 8.07. The van der Waals surface area contributed by atoms with Crippen LogP contribution in [0.25, 0.3) is 17.0 Å². The predicted molar refractivity (Wildman–Crippen MR) is 127 cm³/mol. The number of benzene rings is 1. The lowest BCUT2D eigenvalue weighted by Gasteiger charge is -2.06. The van der Waals surface area contributed by atoms with E-state index in [1.165, 1.54) is 10.9 Å². The fraction of sp³-hybridized carbons (Fsp3) is 0.200. The highest BCUT2D eigenvalue weighted by atomic mass is 16.5. The van der Waals surface area contributed by atoms with E-state index in [0.717, 1.165) is 23.4 Å². The van der Waals surface area contributed by atoms with Crippen LogP contribution in [0.4, 0.5) is 0 Å². The van der Waals surface area contributed by atoms with E-state index < -0.39 is 5.91 Å². The molecule has 1 amide bonds. The van der Waals surface area contributed by atoms with Crippen molar-refractivity contribution in [1.82, 2.24) is 34.6 Å². The van der Waals surface area contributed by atoms with Crippen molar-refractivity contribution in [2.24, 2.45) is 7.05 Å². The third-order valence-electron chi connectivity index (χ3n) is 5.64. The van der Waals surface area contributed by atoms with Crippen molar-refractivity contribution >= 4 is 17.5 Å². The third kappa shape index (κ3) is 4.58. The second-order valence-corrected chi connectivity index (χ2v) is 8.07. The number of Topliss-reactive ketones (excluding diaryl/α,β-unsaturated/α-hetero) is 1. The molecule has 0 saturated carbocycles. The summed E-state index contributed by atoms with van der Waals surface area (Å²) in [7, 11) is 1.63. The minimum absolute atomic E-state index is 0.00576. The molecule has 0 unspecified atom stereocenters. The van der Waals surface area contributed by atoms with Crippen LogP contribution in [-0.2, 0) is 26.4 Å². The smallest absolute Gasteiger partial charge is 0.255 e. The number of nitrogens with one attached hydrogen (secondary N) is 1. The average molecular weight is 470 g/mol. The Kier molecular flexibility index (Phi) is 5.92. The van der Waals surface area contributed by atoms with E-state index in [2.05, 4.69) is 25.5 Å². The molecule has 0 radical (unpaired) electrons. The van der Waals surface area contributed by atoms with Gasteiger partial charge in [-0.2, -0.15) is 5.10 Å². The maximum absolute atomic E-state index is 13.2. The zero-order chi connectivity index (χ0) is 24.4. The third-order valence-corrected chi connectivity index (χ3v) is 5.64. The van der Waals surface area contributed by atoms with Crippen molar-refractivity contribution in [2.45, 2.75) is 26.3 Å². The number of carbonyl (C=O) groups is 2. The summed E-state index contributed by atoms with van der Waals surface area (Å²) < 4.78 is 8.42. The lowest BCUT2D eigenvalue weighted by molar-refractivity contribution is 0.0926. The minimum Gasteiger partial charge on any atom is -0.359 e. The number of rotatable bonds is 8. The number of nitrogens with zero attached hydrogens (tertiary/aromatic N) is 6. The summed E-state index contributed by atoms with van der Waals surface area (Å²) in [4.78, 5) is 35.1. The van der Waals surface area contributed by atoms with Crippen LogP contribution < -0.4 is 5.32 Å². The molecule has 5 rings (SSSR count). The van der Waals surface area contributed by atoms with Gasteiger partial charge in [-0.1, -0.05) is 42.4 Å². The first kappa shape index (κ1) is 22.2. The zero-order valence-electron chi connectivity index (χ0n) is 19.3. The maximum Gasteiger partial charge on any atom is 0.255 e. The van der Waals surface area contributed by atoms with Gasteiger partial charge in [0.25, 0.3) is 5.91 Å². The molecule has 0 aliphatic rings. The molecule has 0 bridgehead atoms. The van der Waals surface area contributed by atoms with Gasteiger partial charge in [-0.3, -0.25) is 18.7 Å². The van der Waals surface area contributed by atoms with Crippen molar-refractivity contribution in [3.63, 3.8) is 0 Å². The number of hydrogen-bond acceptors (Lipinski definition) is 7. The Labute approximate surface area is 200 Å². The molecule has 10 heteroatoms. The molecule has 4 heterocycles. The standard InChI is InChI=1S/C25H23N7O3/c1-3-17-11-19(35-30-17)13-26-24(34)20-14-27-31(2)23(20)22(33)12-18-9-10-32-15-21(29-25(32)28-18)16-7-5-4-6-8-16/h4-11,14-15H,3,12-13H2,1-2H3,(H,26,34). The van der Waals surface area contributed by atoms with E-state index in [1.807, 2.05) is 54.0 Å². The largest absolute Gasteiger partial charge is 0.359 e. The highest BCUT2D eigenvalue weighted by Crippen LogP contribution is 2.19. The van der Waals surface area contributed by atoms with Crippen LogP contribution in [-0.4, -0.2) is 41.0 Å². The van der Waals surface area contributed by atoms with E-state index in [1.54, 1.807) is 19.2 Å². The number of hydrogen-bond donors (Lipinski definition) is 1. The molecule has 10 nitrogen and oxygen atoms in total. The van der Waals surface area contributed by atoms with Crippen molar-refractivity contribution in [2.75, 3.05) is 0 Å². The van der Waals surface area contributed by atoms with E-state index in [4.69, 9.17) is 4.52 Å². The lowest BCUT2D eigenvalue weighted by atomic mass is 10.1. The SMILES string of the molecule is CCc1cc(CNC(=O)c2cnn(C)c2C(=O)Cc2ccn3cc(-c4ccccc4)nc3n2)on1. The van der Waals surface area contributed by atoms with Crippen molar-refractivity contribution in [3.8, 4) is 11.3 Å². The van der Waals surface area contributed by atoms with Gasteiger partial charge < -0.3 is 9.84 Å². The molecule has 5 aromatic rings. The van der Waals surface area contributed by atoms with Gasteiger partial charge in [0.05, 0.1) is 41.8 Å². The first-order valence-corrected chi connectivity index (χ1v) is 11.2. The van der Waals surface area contributed by atoms with Crippen LogP contribution in [0.15, 0.2) is 65.6 Å². The molecule has 0 aliphatic carbocycles. The zero-order valence-corrected chi connectivity index (χ0v) is 19.3. The average Bonchev–Trinajstić information content (AvgIpc) is 3.60. The Morgan fingerprint density at radius 2 is 1.91 bits per heavy atom. The quantitative estimate of drug-likeness (QED) is 0.347. The first-order chi connectivity index (χ1) is 17.0. The van der Waals surface area contributed by atoms with Gasteiger partial charge in [0, 0.05) is 31.1 Å². The molecule has 0 fully saturated rings. The maximum atomic E-state index is 13.2. The molecular formula is C25H23N7O3. The number of carbonyl (C=O) groups excluding carboxylic acids is 2. The van der Waals surface area contributed by atoms with Crippen LogP contribution in [0.1, 0.15) is 44.9 Å². The fourth-order valence-electron chi connectivity index (χ4n) is 3.81. The Balaban J connectivity index is 1.32. The summed E-state index contributed by atoms with van der Waals surface area (Å²) in [6, 6.07) is 13.4. The van der Waals surface area contributed by atoms with Gasteiger partial charge in [-0.25, -0.2) is 9.97 Å². The van der Waals surface area contributed by atoms with E-state index in [-0.39, 0.29) is 30.0 Å². The normalized spacial score (nSPS) is 11.1. The topological polar surface area (TPSA) is 120 Å². The van der Waals surface area contributed by atoms with Gasteiger partial charge in [-0.05, 0) is 12.5 Å². The van der Waals surface area contributed by atoms with Crippen molar-refractivity contribution < 1.29 is 14.1 Å². The van der Waals surface area contributed by atoms with E-state index in [0.29, 0.717) is 17.2 Å². The van der Waals surface area contributed by atoms with Gasteiger partial charge in [0.15, 0.2) is 11.5 Å². The van der Waals surface area contributed by atoms with E-state index in [9.17, 15) is 9.59 Å². The number of fused-ring (bicyclic) bond motifs is 1. The van der Waals surface area contributed by atoms with Gasteiger partial charge >= 0.3 is 0 Å². The van der Waals surface area contributed by atoms with E-state index >= 15 is 0 Å². The summed E-state index contributed by atoms with van der Waals surface area (Å²) in [5.74, 6) is 0.351. The number of aryl methyl sites for hydroxylation is 2. The molecule has 0 saturated heterocycles. The lowest BCUT2D eigenvalue weighted by Crippen LogP contribution is -2.25. The Hall–Kier alpha value is -4.60. The van der Waals surface area contributed by atoms with Crippen LogP contribution in [0.3, 0.4) is 0 Å². The van der Waals surface area contributed by atoms with Crippen LogP contribution in [0.2, 0.25) is 0 Å². The molecule has 1 aromatic carbocycles. The highest BCUT2D eigenvalue weighted by molar-refractivity contribution is 6.07. The Bertz CT molecular complexity index is 1510. The summed E-state index contributed by atoms with van der Waals surface area (Å²) in [6.45, 7) is 2.13. The predicted octanol–water partition coefficient (Wildman–Crippen LogP) is 3.04. The molecule has 0 atom stereocenters. The Morgan fingerprint density at radius 3 is 2.69 bits per heavy atom. The molecule has 176 valence electrons. The number of amides is 1. The number of imidazole rings is 1. The summed E-state index contributed by atoms with van der Waals surface area (Å²) in [5.41, 5.74) is 3.55. The molecular weight excluding hydrogens is 446 g/mol. The monoisotopic (exact) mass is 469 g/mol. The molecule has 4 aromatic heterocycles. The van der Waals surface area contributed by atoms with Crippen LogP contribution >= 0.6 is 0 Å². The number of aromatic nitrogens is 6. The van der Waals surface area contributed by atoms with Crippen molar-refractivity contribution in [3.05, 3.63) is 89.5 Å². The first-order valence-electron chi connectivity index (χ1n) is 11.2. The second kappa shape index (κ2) is 9.34. The summed E-state index contributed by atoms with van der Waals surface area (Å²) >= 11 is 0. The van der Waals surface area contributed by atoms with Crippen molar-refractivity contribution in [1.29, 1.82) is 0 Å². The fourth-order valence-corrected chi connectivity index (χ4v) is 3.81. The van der Waals surface area contributed by atoms with Gasteiger partial charge in [-0.15, -0.1) is 0 Å². The molecule has 1 N–H and O–H groups in total. The summed E-state index contributed by atoms with van der Waals surface area (Å²) in [6.07, 6.45) is 5.85. The van der Waals surface area contributed by atoms with Crippen LogP contribution in [0.5, 0.6) is 0 Å². The molecule has 35 heavy (non-hydrogen) atoms. The van der Waals surface area contributed by atoms with Gasteiger partial charge in [0.1, 0.15) is 5.69 Å². The minimum atomic E-state index is -0.417. The molecule has 0 aliphatic heterocycles. The number of ketones is 1. The van der Waals surface area contributed by atoms with Crippen LogP contribution in [0, 0.1) is 0 Å². The molecule has 0 spiro atoms. The highest BCUT2D eigenvalue weighted by Gasteiger charge is 2.23. The summed E-state index contributed by atoms with van der Waals surface area (Å²) in [5, 5.41) is 10.8.